The lowest BCUT2D eigenvalue weighted by Gasteiger charge is -2.25. The van der Waals surface area contributed by atoms with Gasteiger partial charge in [-0.05, 0) is 42.9 Å². The van der Waals surface area contributed by atoms with Crippen LogP contribution in [0.4, 0.5) is 5.69 Å². The molecule has 1 N–H and O–H groups in total. The second kappa shape index (κ2) is 7.79. The highest BCUT2D eigenvalue weighted by Gasteiger charge is 2.18. The number of nitriles is 1. The topological polar surface area (TPSA) is 45.0 Å². The molecule has 0 radical (unpaired) electrons. The van der Waals surface area contributed by atoms with Gasteiger partial charge in [0.25, 0.3) is 0 Å². The van der Waals surface area contributed by atoms with Crippen molar-refractivity contribution in [2.45, 2.75) is 47.0 Å². The third-order valence-electron chi connectivity index (χ3n) is 3.27. The molecule has 110 valence electrons. The zero-order valence-corrected chi connectivity index (χ0v) is 13.1. The predicted octanol–water partition coefficient (Wildman–Crippen LogP) is 4.53. The molecule has 1 aromatic rings. The van der Waals surface area contributed by atoms with Crippen molar-refractivity contribution in [1.29, 1.82) is 5.26 Å². The van der Waals surface area contributed by atoms with Gasteiger partial charge in [0.1, 0.15) is 5.75 Å². The molecule has 1 rings (SSSR count). The second-order valence-corrected chi connectivity index (χ2v) is 6.02. The number of benzene rings is 1. The number of hydrogen-bond acceptors (Lipinski definition) is 3. The van der Waals surface area contributed by atoms with Gasteiger partial charge in [-0.1, -0.05) is 26.8 Å². The van der Waals surface area contributed by atoms with Crippen molar-refractivity contribution in [2.24, 2.45) is 5.41 Å². The molecular weight excluding hydrogens is 248 g/mol. The monoisotopic (exact) mass is 274 g/mol. The summed E-state index contributed by atoms with van der Waals surface area (Å²) in [5, 5.41) is 12.2. The third kappa shape index (κ3) is 5.52. The predicted molar refractivity (Wildman–Crippen MR) is 84.1 cm³/mol. The molecule has 1 aromatic carbocycles. The van der Waals surface area contributed by atoms with Crippen LogP contribution in [0, 0.1) is 23.7 Å². The number of nitrogens with one attached hydrogen (secondary N) is 1. The van der Waals surface area contributed by atoms with Crippen molar-refractivity contribution in [3.05, 3.63) is 23.8 Å². The summed E-state index contributed by atoms with van der Waals surface area (Å²) in [6.45, 7) is 10.1. The summed E-state index contributed by atoms with van der Waals surface area (Å²) in [6, 6.07) is 8.44. The first-order valence-corrected chi connectivity index (χ1v) is 7.33. The van der Waals surface area contributed by atoms with E-state index in [-0.39, 0.29) is 5.41 Å². The summed E-state index contributed by atoms with van der Waals surface area (Å²) in [5.74, 6) is 0.919. The van der Waals surface area contributed by atoms with Crippen LogP contribution in [0.2, 0.25) is 0 Å². The van der Waals surface area contributed by atoms with E-state index in [9.17, 15) is 0 Å². The van der Waals surface area contributed by atoms with Crippen LogP contribution in [-0.2, 0) is 0 Å². The fourth-order valence-corrected chi connectivity index (χ4v) is 1.92. The largest absolute Gasteiger partial charge is 0.491 e. The summed E-state index contributed by atoms with van der Waals surface area (Å²) in [7, 11) is 0. The molecule has 0 saturated carbocycles. The molecule has 0 spiro atoms. The number of aryl methyl sites for hydroxylation is 1. The van der Waals surface area contributed by atoms with Gasteiger partial charge >= 0.3 is 0 Å². The highest BCUT2D eigenvalue weighted by atomic mass is 16.5. The van der Waals surface area contributed by atoms with Gasteiger partial charge in [0.15, 0.2) is 0 Å². The van der Waals surface area contributed by atoms with E-state index in [1.165, 1.54) is 5.56 Å². The number of nitrogens with zero attached hydrogens (tertiary/aromatic N) is 1. The molecule has 0 aliphatic carbocycles. The zero-order valence-electron chi connectivity index (χ0n) is 13.1. The molecule has 0 unspecified atom stereocenters. The second-order valence-electron chi connectivity index (χ2n) is 6.02. The quantitative estimate of drug-likeness (QED) is 0.757. The summed E-state index contributed by atoms with van der Waals surface area (Å²) in [5.41, 5.74) is 2.34. The van der Waals surface area contributed by atoms with E-state index in [0.29, 0.717) is 6.42 Å². The van der Waals surface area contributed by atoms with E-state index in [4.69, 9.17) is 10.00 Å². The lowest BCUT2D eigenvalue weighted by atomic mass is 9.88. The Morgan fingerprint density at radius 1 is 1.35 bits per heavy atom. The molecule has 0 amide bonds. The zero-order chi connectivity index (χ0) is 15.0. The summed E-state index contributed by atoms with van der Waals surface area (Å²) < 4.78 is 5.80. The highest BCUT2D eigenvalue weighted by Crippen LogP contribution is 2.29. The Bertz CT molecular complexity index is 461. The van der Waals surface area contributed by atoms with Crippen LogP contribution in [0.25, 0.3) is 0 Å². The van der Waals surface area contributed by atoms with E-state index in [1.54, 1.807) is 0 Å². The lowest BCUT2D eigenvalue weighted by Crippen LogP contribution is -2.23. The first kappa shape index (κ1) is 16.4. The summed E-state index contributed by atoms with van der Waals surface area (Å²) in [6.07, 6.45) is 2.50. The third-order valence-corrected chi connectivity index (χ3v) is 3.27. The minimum absolute atomic E-state index is 0.0998. The Kier molecular flexibility index (Phi) is 6.38. The minimum atomic E-state index is 0.0998. The maximum absolute atomic E-state index is 8.70. The van der Waals surface area contributed by atoms with Crippen molar-refractivity contribution in [3.8, 4) is 11.8 Å². The van der Waals surface area contributed by atoms with E-state index in [1.807, 2.05) is 0 Å². The van der Waals surface area contributed by atoms with Crippen LogP contribution in [0.1, 0.15) is 45.6 Å². The van der Waals surface area contributed by atoms with Gasteiger partial charge in [0.2, 0.25) is 0 Å². The number of hydrogen-bond donors (Lipinski definition) is 1. The van der Waals surface area contributed by atoms with Gasteiger partial charge in [-0.25, -0.2) is 0 Å². The summed E-state index contributed by atoms with van der Waals surface area (Å²) in [4.78, 5) is 0. The van der Waals surface area contributed by atoms with Crippen molar-refractivity contribution in [1.82, 2.24) is 0 Å². The highest BCUT2D eigenvalue weighted by molar-refractivity contribution is 5.57. The molecule has 0 aromatic heterocycles. The number of rotatable bonds is 8. The van der Waals surface area contributed by atoms with Crippen LogP contribution in [-0.4, -0.2) is 13.2 Å². The molecule has 0 atom stereocenters. The van der Waals surface area contributed by atoms with Gasteiger partial charge in [0, 0.05) is 13.0 Å². The van der Waals surface area contributed by atoms with Crippen molar-refractivity contribution in [2.75, 3.05) is 18.5 Å². The molecule has 20 heavy (non-hydrogen) atoms. The molecule has 0 bridgehead atoms. The van der Waals surface area contributed by atoms with Gasteiger partial charge in [0.05, 0.1) is 18.4 Å². The molecule has 0 aliphatic heterocycles. The van der Waals surface area contributed by atoms with Crippen LogP contribution in [0.5, 0.6) is 5.75 Å². The minimum Gasteiger partial charge on any atom is -0.491 e. The Morgan fingerprint density at radius 2 is 2.10 bits per heavy atom. The lowest BCUT2D eigenvalue weighted by molar-refractivity contribution is 0.317. The molecule has 3 heteroatoms. The average Bonchev–Trinajstić information content (AvgIpc) is 2.42. The number of ether oxygens (including phenoxy) is 1. The van der Waals surface area contributed by atoms with Crippen molar-refractivity contribution in [3.63, 3.8) is 0 Å². The van der Waals surface area contributed by atoms with Gasteiger partial charge in [-0.15, -0.1) is 0 Å². The van der Waals surface area contributed by atoms with Gasteiger partial charge in [-0.2, -0.15) is 5.26 Å². The van der Waals surface area contributed by atoms with Crippen LogP contribution < -0.4 is 10.1 Å². The van der Waals surface area contributed by atoms with Crippen molar-refractivity contribution < 1.29 is 4.74 Å². The van der Waals surface area contributed by atoms with Gasteiger partial charge < -0.3 is 10.1 Å². The number of anilines is 1. The van der Waals surface area contributed by atoms with E-state index >= 15 is 0 Å². The Labute approximate surface area is 123 Å². The fourth-order valence-electron chi connectivity index (χ4n) is 1.92. The smallest absolute Gasteiger partial charge is 0.142 e. The van der Waals surface area contributed by atoms with Crippen LogP contribution in [0.15, 0.2) is 18.2 Å². The Hall–Kier alpha value is -1.69. The first-order chi connectivity index (χ1) is 9.48. The normalized spacial score (nSPS) is 10.9. The van der Waals surface area contributed by atoms with Crippen LogP contribution in [0.3, 0.4) is 0 Å². The molecule has 3 nitrogen and oxygen atoms in total. The average molecular weight is 274 g/mol. The first-order valence-electron chi connectivity index (χ1n) is 7.33. The molecule has 0 fully saturated rings. The van der Waals surface area contributed by atoms with Crippen molar-refractivity contribution >= 4 is 5.69 Å². The van der Waals surface area contributed by atoms with Gasteiger partial charge in [-0.3, -0.25) is 0 Å². The SMILES string of the molecule is CCCOc1cc(C)ccc1NCC(C)(C)CCC#N. The molecule has 0 aliphatic rings. The molecular formula is C17H26N2O. The molecule has 0 heterocycles. The maximum atomic E-state index is 8.70. The van der Waals surface area contributed by atoms with E-state index < -0.39 is 0 Å². The Morgan fingerprint density at radius 3 is 2.75 bits per heavy atom. The summed E-state index contributed by atoms with van der Waals surface area (Å²) >= 11 is 0. The maximum Gasteiger partial charge on any atom is 0.142 e. The molecule has 0 saturated heterocycles. The Balaban J connectivity index is 2.69. The standard InChI is InChI=1S/C17H26N2O/c1-5-11-20-16-12-14(2)7-8-15(16)19-13-17(3,4)9-6-10-18/h7-8,12,19H,5-6,9,11,13H2,1-4H3. The van der Waals surface area contributed by atoms with E-state index in [0.717, 1.165) is 37.4 Å². The van der Waals surface area contributed by atoms with Crippen LogP contribution >= 0.6 is 0 Å². The fraction of sp³-hybridized carbons (Fsp3) is 0.588. The van der Waals surface area contributed by atoms with E-state index in [2.05, 4.69) is 57.3 Å².